The lowest BCUT2D eigenvalue weighted by Crippen LogP contribution is -2.52. The second-order valence-electron chi connectivity index (χ2n) is 5.37. The number of carboxylic acid groups (broad SMARTS) is 1. The molecule has 1 aliphatic heterocycles. The predicted molar refractivity (Wildman–Crippen MR) is 86.2 cm³/mol. The molecule has 1 aliphatic rings. The van der Waals surface area contributed by atoms with Crippen molar-refractivity contribution in [3.8, 4) is 11.5 Å². The Morgan fingerprint density at radius 2 is 1.83 bits per heavy atom. The summed E-state index contributed by atoms with van der Waals surface area (Å²) in [5, 5.41) is 9.26. The molecule has 2 aromatic carbocycles. The van der Waals surface area contributed by atoms with Gasteiger partial charge in [0, 0.05) is 12.1 Å². The fourth-order valence-electron chi connectivity index (χ4n) is 2.53. The molecule has 0 bridgehead atoms. The smallest absolute Gasteiger partial charge is 0.328 e. The molecule has 124 valence electrons. The average molecular weight is 327 g/mol. The van der Waals surface area contributed by atoms with Crippen molar-refractivity contribution in [3.63, 3.8) is 0 Å². The summed E-state index contributed by atoms with van der Waals surface area (Å²) in [6, 6.07) is 15.0. The van der Waals surface area contributed by atoms with Crippen molar-refractivity contribution in [2.24, 2.45) is 0 Å². The molecule has 1 saturated heterocycles. The Morgan fingerprint density at radius 3 is 2.58 bits per heavy atom. The van der Waals surface area contributed by atoms with Crippen LogP contribution in [0, 0.1) is 0 Å². The highest BCUT2D eigenvalue weighted by Crippen LogP contribution is 2.23. The van der Waals surface area contributed by atoms with Crippen molar-refractivity contribution < 1.29 is 24.2 Å². The molecule has 6 heteroatoms. The lowest BCUT2D eigenvalue weighted by atomic mass is 10.1. The van der Waals surface area contributed by atoms with Gasteiger partial charge in [-0.25, -0.2) is 4.79 Å². The zero-order valence-electron chi connectivity index (χ0n) is 12.9. The highest BCUT2D eigenvalue weighted by molar-refractivity contribution is 5.97. The molecular formula is C18H17NO5. The molecule has 2 aromatic rings. The molecule has 1 amide bonds. The van der Waals surface area contributed by atoms with Gasteiger partial charge >= 0.3 is 5.97 Å². The summed E-state index contributed by atoms with van der Waals surface area (Å²) in [6.45, 7) is 0.580. The van der Waals surface area contributed by atoms with E-state index in [0.29, 0.717) is 23.7 Å². The Kier molecular flexibility index (Phi) is 4.77. The minimum absolute atomic E-state index is 0.00127. The van der Waals surface area contributed by atoms with E-state index in [4.69, 9.17) is 9.47 Å². The van der Waals surface area contributed by atoms with Crippen LogP contribution in [-0.4, -0.2) is 47.7 Å². The number of benzene rings is 2. The number of aliphatic carboxylic acids is 1. The number of amides is 1. The highest BCUT2D eigenvalue weighted by atomic mass is 16.5. The van der Waals surface area contributed by atoms with Gasteiger partial charge in [-0.2, -0.15) is 0 Å². The molecule has 6 nitrogen and oxygen atoms in total. The minimum atomic E-state index is -1.07. The number of para-hydroxylation sites is 1. The van der Waals surface area contributed by atoms with Crippen LogP contribution < -0.4 is 4.74 Å². The van der Waals surface area contributed by atoms with Crippen LogP contribution in [0.3, 0.4) is 0 Å². The highest BCUT2D eigenvalue weighted by Gasteiger charge is 2.33. The van der Waals surface area contributed by atoms with Crippen LogP contribution in [0.5, 0.6) is 11.5 Å². The number of carbonyl (C=O) groups is 2. The molecule has 24 heavy (non-hydrogen) atoms. The zero-order chi connectivity index (χ0) is 16.9. The molecule has 0 spiro atoms. The van der Waals surface area contributed by atoms with Gasteiger partial charge in [0.05, 0.1) is 13.2 Å². The van der Waals surface area contributed by atoms with E-state index in [1.54, 1.807) is 24.3 Å². The summed E-state index contributed by atoms with van der Waals surface area (Å²) in [4.78, 5) is 25.3. The van der Waals surface area contributed by atoms with Gasteiger partial charge in [-0.1, -0.05) is 24.3 Å². The number of nitrogens with zero attached hydrogens (tertiary/aromatic N) is 1. The molecule has 1 fully saturated rings. The van der Waals surface area contributed by atoms with E-state index in [1.165, 1.54) is 4.90 Å². The van der Waals surface area contributed by atoms with Crippen molar-refractivity contribution in [3.05, 3.63) is 60.2 Å². The molecule has 1 unspecified atom stereocenters. The monoisotopic (exact) mass is 327 g/mol. The van der Waals surface area contributed by atoms with Gasteiger partial charge < -0.3 is 19.5 Å². The third-order valence-corrected chi connectivity index (χ3v) is 3.73. The normalized spacial score (nSPS) is 17.3. The van der Waals surface area contributed by atoms with Crippen molar-refractivity contribution in [1.29, 1.82) is 0 Å². The molecule has 0 aromatic heterocycles. The molecule has 3 rings (SSSR count). The van der Waals surface area contributed by atoms with Crippen LogP contribution in [0.1, 0.15) is 10.4 Å². The van der Waals surface area contributed by atoms with E-state index in [-0.39, 0.29) is 19.1 Å². The first-order valence-corrected chi connectivity index (χ1v) is 7.59. The van der Waals surface area contributed by atoms with Crippen molar-refractivity contribution in [2.75, 3.05) is 19.8 Å². The average Bonchev–Trinajstić information content (AvgIpc) is 2.62. The van der Waals surface area contributed by atoms with Crippen LogP contribution >= 0.6 is 0 Å². The van der Waals surface area contributed by atoms with Gasteiger partial charge in [0.25, 0.3) is 5.91 Å². The quantitative estimate of drug-likeness (QED) is 0.933. The summed E-state index contributed by atoms with van der Waals surface area (Å²) < 4.78 is 10.9. The Balaban J connectivity index is 1.80. The number of carbonyl (C=O) groups excluding carboxylic acids is 1. The number of carboxylic acids is 1. The lowest BCUT2D eigenvalue weighted by molar-refractivity contribution is -0.147. The first kappa shape index (κ1) is 16.0. The predicted octanol–water partition coefficient (Wildman–Crippen LogP) is 2.40. The van der Waals surface area contributed by atoms with Crippen molar-refractivity contribution in [1.82, 2.24) is 4.90 Å². The van der Waals surface area contributed by atoms with Crippen LogP contribution in [-0.2, 0) is 9.53 Å². The molecule has 0 radical (unpaired) electrons. The lowest BCUT2D eigenvalue weighted by Gasteiger charge is -2.32. The molecule has 1 atom stereocenters. The van der Waals surface area contributed by atoms with E-state index in [2.05, 4.69) is 0 Å². The van der Waals surface area contributed by atoms with Crippen LogP contribution in [0.15, 0.2) is 54.6 Å². The first-order chi connectivity index (χ1) is 11.6. The van der Waals surface area contributed by atoms with E-state index in [0.717, 1.165) is 0 Å². The second-order valence-corrected chi connectivity index (χ2v) is 5.37. The number of hydrogen-bond acceptors (Lipinski definition) is 4. The third-order valence-electron chi connectivity index (χ3n) is 3.73. The summed E-state index contributed by atoms with van der Waals surface area (Å²) in [7, 11) is 0. The number of ether oxygens (including phenoxy) is 2. The van der Waals surface area contributed by atoms with Crippen LogP contribution in [0.4, 0.5) is 0 Å². The van der Waals surface area contributed by atoms with Gasteiger partial charge in [0.15, 0.2) is 6.04 Å². The molecule has 1 N–H and O–H groups in total. The Labute approximate surface area is 139 Å². The SMILES string of the molecule is O=C(O)C1COCCN1C(=O)c1cccc(Oc2ccccc2)c1. The fourth-order valence-corrected chi connectivity index (χ4v) is 2.53. The van der Waals surface area contributed by atoms with Crippen molar-refractivity contribution in [2.45, 2.75) is 6.04 Å². The van der Waals surface area contributed by atoms with Crippen molar-refractivity contribution >= 4 is 11.9 Å². The summed E-state index contributed by atoms with van der Waals surface area (Å²) in [5.41, 5.74) is 0.386. The van der Waals surface area contributed by atoms with Crippen LogP contribution in [0.2, 0.25) is 0 Å². The molecule has 1 heterocycles. The van der Waals surface area contributed by atoms with E-state index >= 15 is 0 Å². The second kappa shape index (κ2) is 7.14. The molecule has 0 saturated carbocycles. The van der Waals surface area contributed by atoms with Gasteiger partial charge in [-0.3, -0.25) is 4.79 Å². The third kappa shape index (κ3) is 3.55. The Bertz CT molecular complexity index is 731. The molecule has 0 aliphatic carbocycles. The maximum absolute atomic E-state index is 12.7. The first-order valence-electron chi connectivity index (χ1n) is 7.59. The summed E-state index contributed by atoms with van der Waals surface area (Å²) in [6.07, 6.45) is 0. The van der Waals surface area contributed by atoms with Gasteiger partial charge in [-0.15, -0.1) is 0 Å². The summed E-state index contributed by atoms with van der Waals surface area (Å²) in [5.74, 6) is -0.229. The van der Waals surface area contributed by atoms with Gasteiger partial charge in [0.1, 0.15) is 11.5 Å². The van der Waals surface area contributed by atoms with Crippen LogP contribution in [0.25, 0.3) is 0 Å². The zero-order valence-corrected chi connectivity index (χ0v) is 12.9. The van der Waals surface area contributed by atoms with Gasteiger partial charge in [0.2, 0.25) is 0 Å². The number of rotatable bonds is 4. The standard InChI is InChI=1S/C18H17NO5/c20-17(19-9-10-23-12-16(19)18(21)22)13-5-4-8-15(11-13)24-14-6-2-1-3-7-14/h1-8,11,16H,9-10,12H2,(H,21,22). The van der Waals surface area contributed by atoms with E-state index < -0.39 is 12.0 Å². The minimum Gasteiger partial charge on any atom is -0.480 e. The number of hydrogen-bond donors (Lipinski definition) is 1. The maximum atomic E-state index is 12.7. The maximum Gasteiger partial charge on any atom is 0.328 e. The Morgan fingerprint density at radius 1 is 1.08 bits per heavy atom. The van der Waals surface area contributed by atoms with E-state index in [1.807, 2.05) is 30.3 Å². The molecular weight excluding hydrogens is 310 g/mol. The Hall–Kier alpha value is -2.86. The largest absolute Gasteiger partial charge is 0.480 e. The summed E-state index contributed by atoms with van der Waals surface area (Å²) >= 11 is 0. The van der Waals surface area contributed by atoms with Gasteiger partial charge in [-0.05, 0) is 30.3 Å². The van der Waals surface area contributed by atoms with E-state index in [9.17, 15) is 14.7 Å². The number of morpholine rings is 1. The topological polar surface area (TPSA) is 76.1 Å². The fraction of sp³-hybridized carbons (Fsp3) is 0.222.